The van der Waals surface area contributed by atoms with Gasteiger partial charge in [0.2, 0.25) is 0 Å². The first-order valence-corrected chi connectivity index (χ1v) is 4.00. The smallest absolute Gasteiger partial charge is 0.0596 e. The van der Waals surface area contributed by atoms with Crippen LogP contribution in [-0.4, -0.2) is 9.78 Å². The topological polar surface area (TPSA) is 17.8 Å². The molecular weight excluding hydrogens is 148 g/mol. The predicted octanol–water partition coefficient (Wildman–Crippen LogP) is 1.48. The molecule has 0 amide bonds. The minimum atomic E-state index is 1.06. The van der Waals surface area contributed by atoms with E-state index in [0.29, 0.717) is 0 Å². The third-order valence-corrected chi connectivity index (χ3v) is 1.96. The molecule has 0 bridgehead atoms. The Morgan fingerprint density at radius 1 is 1.25 bits per heavy atom. The Balaban J connectivity index is 2.25. The van der Waals surface area contributed by atoms with Gasteiger partial charge in [0, 0.05) is 18.7 Å². The van der Waals surface area contributed by atoms with Gasteiger partial charge in [-0.05, 0) is 38.7 Å². The summed E-state index contributed by atoms with van der Waals surface area (Å²) in [6.07, 6.45) is 8.27. The van der Waals surface area contributed by atoms with Crippen LogP contribution < -0.4 is 0 Å². The molecule has 0 N–H and O–H groups in total. The molecule has 0 saturated heterocycles. The molecule has 61 valence electrons. The Labute approximate surface area is 73.6 Å². The van der Waals surface area contributed by atoms with E-state index in [4.69, 9.17) is 0 Å². The maximum atomic E-state index is 4.28. The van der Waals surface area contributed by atoms with E-state index in [1.54, 1.807) is 0 Å². The van der Waals surface area contributed by atoms with Crippen molar-refractivity contribution >= 4 is 0 Å². The molecule has 0 atom stereocenters. The lowest BCUT2D eigenvalue weighted by Gasteiger charge is -2.06. The van der Waals surface area contributed by atoms with Crippen LogP contribution in [-0.2, 0) is 7.05 Å². The molecule has 0 unspecified atom stereocenters. The lowest BCUT2D eigenvalue weighted by atomic mass is 10.0. The highest BCUT2D eigenvalue weighted by atomic mass is 15.3. The summed E-state index contributed by atoms with van der Waals surface area (Å²) >= 11 is 0. The van der Waals surface area contributed by atoms with Gasteiger partial charge in [0.1, 0.15) is 0 Å². The SMILES string of the molecule is Cc1cc([C]2[CH][CH][CH][CH]2)n(C)n1. The first-order chi connectivity index (χ1) is 5.77. The third-order valence-electron chi connectivity index (χ3n) is 1.96. The maximum absolute atomic E-state index is 4.28. The molecule has 0 aromatic carbocycles. The molecule has 1 aliphatic carbocycles. The Kier molecular flexibility index (Phi) is 1.91. The minimum Gasteiger partial charge on any atom is -0.272 e. The van der Waals surface area contributed by atoms with Gasteiger partial charge >= 0.3 is 0 Å². The summed E-state index contributed by atoms with van der Waals surface area (Å²) in [5.74, 6) is 1.23. The molecule has 0 aliphatic heterocycles. The van der Waals surface area contributed by atoms with Crippen LogP contribution in [0.1, 0.15) is 11.4 Å². The lowest BCUT2D eigenvalue weighted by Crippen LogP contribution is -2.03. The zero-order valence-electron chi connectivity index (χ0n) is 7.28. The van der Waals surface area contributed by atoms with Gasteiger partial charge in [-0.1, -0.05) is 0 Å². The molecule has 1 fully saturated rings. The van der Waals surface area contributed by atoms with Crippen LogP contribution in [0.5, 0.6) is 0 Å². The number of hydrogen-bond acceptors (Lipinski definition) is 1. The van der Waals surface area contributed by atoms with Gasteiger partial charge in [0.15, 0.2) is 0 Å². The summed E-state index contributed by atoms with van der Waals surface area (Å²) in [6.45, 7) is 2.01. The largest absolute Gasteiger partial charge is 0.272 e. The molecule has 1 aliphatic rings. The normalized spacial score (nSPS) is 18.8. The van der Waals surface area contributed by atoms with Crippen LogP contribution in [0.2, 0.25) is 0 Å². The van der Waals surface area contributed by atoms with Gasteiger partial charge in [-0.15, -0.1) is 0 Å². The fraction of sp³-hybridized carbons (Fsp3) is 0.200. The van der Waals surface area contributed by atoms with E-state index >= 15 is 0 Å². The Morgan fingerprint density at radius 2 is 1.92 bits per heavy atom. The summed E-state index contributed by atoms with van der Waals surface area (Å²) in [5.41, 5.74) is 2.24. The van der Waals surface area contributed by atoms with Crippen molar-refractivity contribution in [2.24, 2.45) is 7.05 Å². The van der Waals surface area contributed by atoms with Gasteiger partial charge in [0.05, 0.1) is 5.69 Å². The van der Waals surface area contributed by atoms with E-state index in [9.17, 15) is 0 Å². The third kappa shape index (κ3) is 1.26. The van der Waals surface area contributed by atoms with E-state index in [2.05, 4.69) is 24.0 Å². The summed E-state index contributed by atoms with van der Waals surface area (Å²) in [4.78, 5) is 0. The zero-order chi connectivity index (χ0) is 8.55. The summed E-state index contributed by atoms with van der Waals surface area (Å²) in [5, 5.41) is 4.28. The summed E-state index contributed by atoms with van der Waals surface area (Å²) in [6, 6.07) is 2.09. The van der Waals surface area contributed by atoms with Gasteiger partial charge < -0.3 is 0 Å². The quantitative estimate of drug-likeness (QED) is 0.607. The lowest BCUT2D eigenvalue weighted by molar-refractivity contribution is 0.728. The highest BCUT2D eigenvalue weighted by Gasteiger charge is 2.21. The fourth-order valence-electron chi connectivity index (χ4n) is 1.43. The van der Waals surface area contributed by atoms with Gasteiger partial charge in [-0.25, -0.2) is 0 Å². The monoisotopic (exact) mass is 159 g/mol. The first kappa shape index (κ1) is 7.84. The van der Waals surface area contributed by atoms with Crippen LogP contribution in [0.25, 0.3) is 0 Å². The summed E-state index contributed by atoms with van der Waals surface area (Å²) < 4.78 is 1.91. The van der Waals surface area contributed by atoms with Crippen molar-refractivity contribution in [1.29, 1.82) is 0 Å². The average molecular weight is 159 g/mol. The van der Waals surface area contributed by atoms with Crippen molar-refractivity contribution < 1.29 is 0 Å². The van der Waals surface area contributed by atoms with Crippen LogP contribution >= 0.6 is 0 Å². The first-order valence-electron chi connectivity index (χ1n) is 4.00. The molecule has 1 aromatic rings. The van der Waals surface area contributed by atoms with Crippen LogP contribution in [0.3, 0.4) is 0 Å². The molecular formula is C10H11N2. The number of aryl methyl sites for hydroxylation is 2. The van der Waals surface area contributed by atoms with Crippen LogP contribution in [0.15, 0.2) is 6.07 Å². The van der Waals surface area contributed by atoms with Crippen molar-refractivity contribution in [1.82, 2.24) is 9.78 Å². The molecule has 1 saturated carbocycles. The molecule has 1 heterocycles. The summed E-state index contributed by atoms with van der Waals surface area (Å²) in [7, 11) is 1.97. The minimum absolute atomic E-state index is 1.06. The second-order valence-electron chi connectivity index (χ2n) is 2.97. The maximum Gasteiger partial charge on any atom is 0.0596 e. The zero-order valence-corrected chi connectivity index (χ0v) is 7.28. The molecule has 1 aromatic heterocycles. The van der Waals surface area contributed by atoms with Gasteiger partial charge in [-0.2, -0.15) is 5.10 Å². The van der Waals surface area contributed by atoms with Crippen molar-refractivity contribution in [3.05, 3.63) is 49.1 Å². The van der Waals surface area contributed by atoms with Crippen molar-refractivity contribution in [3.63, 3.8) is 0 Å². The standard InChI is InChI=1S/C10H11N2/c1-8-7-10(12(2)11-8)9-5-3-4-6-9/h3-7H,1-2H3. The molecule has 0 spiro atoms. The average Bonchev–Trinajstić information content (AvgIpc) is 2.58. The van der Waals surface area contributed by atoms with Gasteiger partial charge in [-0.3, -0.25) is 4.68 Å². The van der Waals surface area contributed by atoms with E-state index in [-0.39, 0.29) is 0 Å². The molecule has 12 heavy (non-hydrogen) atoms. The Bertz CT molecular complexity index is 269. The number of rotatable bonds is 1. The van der Waals surface area contributed by atoms with Crippen LogP contribution in [0, 0.1) is 38.5 Å². The predicted molar refractivity (Wildman–Crippen MR) is 47.5 cm³/mol. The van der Waals surface area contributed by atoms with E-state index in [0.717, 1.165) is 5.69 Å². The number of aromatic nitrogens is 2. The van der Waals surface area contributed by atoms with E-state index in [1.807, 2.05) is 31.5 Å². The molecule has 5 radical (unpaired) electrons. The molecule has 2 rings (SSSR count). The Hall–Kier alpha value is -0.790. The van der Waals surface area contributed by atoms with E-state index < -0.39 is 0 Å². The second-order valence-corrected chi connectivity index (χ2v) is 2.97. The second kappa shape index (κ2) is 2.92. The number of hydrogen-bond donors (Lipinski definition) is 0. The van der Waals surface area contributed by atoms with E-state index in [1.165, 1.54) is 11.6 Å². The fourth-order valence-corrected chi connectivity index (χ4v) is 1.43. The highest BCUT2D eigenvalue weighted by Crippen LogP contribution is 2.29. The number of nitrogens with zero attached hydrogens (tertiary/aromatic N) is 2. The van der Waals surface area contributed by atoms with Crippen molar-refractivity contribution in [3.8, 4) is 0 Å². The van der Waals surface area contributed by atoms with Gasteiger partial charge in [0.25, 0.3) is 0 Å². The van der Waals surface area contributed by atoms with Crippen LogP contribution in [0.4, 0.5) is 0 Å². The van der Waals surface area contributed by atoms with Crippen molar-refractivity contribution in [2.45, 2.75) is 6.92 Å². The van der Waals surface area contributed by atoms with Crippen molar-refractivity contribution in [2.75, 3.05) is 0 Å². The highest BCUT2D eigenvalue weighted by molar-refractivity contribution is 5.47. The Morgan fingerprint density at radius 3 is 2.42 bits per heavy atom. The molecule has 2 heteroatoms. The molecule has 2 nitrogen and oxygen atoms in total.